The molecule has 2 saturated heterocycles. The fraction of sp³-hybridized carbons (Fsp3) is 0.500. The third-order valence-electron chi connectivity index (χ3n) is 14.0. The van der Waals surface area contributed by atoms with Gasteiger partial charge in [-0.2, -0.15) is 0 Å². The number of nitrogens with zero attached hydrogens (tertiary/aromatic N) is 5. The average molecular weight is 934 g/mol. The summed E-state index contributed by atoms with van der Waals surface area (Å²) in [5.74, 6) is 2.87. The Kier molecular flexibility index (Phi) is 14.7. The van der Waals surface area contributed by atoms with E-state index >= 15 is 4.39 Å². The zero-order chi connectivity index (χ0) is 47.6. The first-order chi connectivity index (χ1) is 33.0. The molecule has 6 N–H and O–H groups in total. The molecule has 3 aromatic heterocycles. The molecular weight excluding hydrogens is 866 g/mol. The van der Waals surface area contributed by atoms with Crippen molar-refractivity contribution < 1.29 is 33.6 Å². The molecule has 16 heteroatoms. The second kappa shape index (κ2) is 20.8. The normalized spacial score (nSPS) is 20.5. The first-order valence-electron chi connectivity index (χ1n) is 24.3. The van der Waals surface area contributed by atoms with Crippen molar-refractivity contribution in [2.45, 2.75) is 110 Å². The molecule has 2 fully saturated rings. The largest absolute Gasteiger partial charge is 0.494 e. The lowest BCUT2D eigenvalue weighted by atomic mass is 10.0. The summed E-state index contributed by atoms with van der Waals surface area (Å²) in [5.41, 5.74) is 5.98. The maximum atomic E-state index is 17.0. The van der Waals surface area contributed by atoms with Crippen LogP contribution in [0.5, 0.6) is 11.5 Å². The number of likely N-dealkylation sites (tertiary alicyclic amines) is 2. The number of halogens is 1. The number of rotatable bonds is 20. The SMILES string of the molecule is CCCOc1cccc(C2Oc3cc(-c4cnc(C5CCCN5CC(NCOC)C(C)C)[nH]4)cc(F)c3-c3cc4cc(-c5cnc(C6CCCN6C(O)C(NC(O)OC)C(C)C)[nH]5)ccc4n32)c1. The van der Waals surface area contributed by atoms with E-state index in [1.807, 2.05) is 73.6 Å². The number of aromatic nitrogens is 5. The number of aromatic amines is 2. The monoisotopic (exact) mass is 934 g/mol. The van der Waals surface area contributed by atoms with E-state index in [2.05, 4.69) is 63.0 Å². The van der Waals surface area contributed by atoms with Crippen LogP contribution >= 0.6 is 0 Å². The van der Waals surface area contributed by atoms with Crippen LogP contribution in [0.1, 0.15) is 102 Å². The lowest BCUT2D eigenvalue weighted by Crippen LogP contribution is -2.55. The number of benzene rings is 3. The summed E-state index contributed by atoms with van der Waals surface area (Å²) >= 11 is 0. The number of methoxy groups -OCH3 is 2. The number of imidazole rings is 2. The van der Waals surface area contributed by atoms with Crippen molar-refractivity contribution in [1.82, 2.24) is 44.9 Å². The highest BCUT2D eigenvalue weighted by Gasteiger charge is 2.39. The minimum atomic E-state index is -1.19. The number of hydrogen-bond acceptors (Lipinski definition) is 12. The van der Waals surface area contributed by atoms with Crippen molar-refractivity contribution in [3.05, 3.63) is 96.1 Å². The van der Waals surface area contributed by atoms with Gasteiger partial charge in [-0.05, 0) is 92.9 Å². The Bertz CT molecular complexity index is 2650. The molecule has 7 unspecified atom stereocenters. The summed E-state index contributed by atoms with van der Waals surface area (Å²) in [6, 6.07) is 19.5. The van der Waals surface area contributed by atoms with Crippen LogP contribution in [0.3, 0.4) is 0 Å². The van der Waals surface area contributed by atoms with Crippen LogP contribution < -0.4 is 20.1 Å². The second-order valence-electron chi connectivity index (χ2n) is 19.2. The van der Waals surface area contributed by atoms with E-state index < -0.39 is 30.7 Å². The first-order valence-corrected chi connectivity index (χ1v) is 24.3. The lowest BCUT2D eigenvalue weighted by Gasteiger charge is -2.37. The Morgan fingerprint density at radius 1 is 0.882 bits per heavy atom. The fourth-order valence-electron chi connectivity index (χ4n) is 10.4. The smallest absolute Gasteiger partial charge is 0.213 e. The lowest BCUT2D eigenvalue weighted by molar-refractivity contribution is -0.132. The van der Waals surface area contributed by atoms with Gasteiger partial charge < -0.3 is 43.7 Å². The van der Waals surface area contributed by atoms with Gasteiger partial charge in [-0.15, -0.1) is 0 Å². The van der Waals surface area contributed by atoms with Gasteiger partial charge in [0.05, 0.1) is 72.0 Å². The molecule has 0 aliphatic carbocycles. The Labute approximate surface area is 398 Å². The topological polar surface area (TPSA) is 170 Å². The molecule has 364 valence electrons. The summed E-state index contributed by atoms with van der Waals surface area (Å²) in [5, 5.41) is 29.3. The van der Waals surface area contributed by atoms with Crippen LogP contribution in [0.15, 0.2) is 73.1 Å². The van der Waals surface area contributed by atoms with Gasteiger partial charge in [0.1, 0.15) is 35.2 Å². The van der Waals surface area contributed by atoms with Crippen LogP contribution in [-0.4, -0.2) is 116 Å². The predicted molar refractivity (Wildman–Crippen MR) is 260 cm³/mol. The summed E-state index contributed by atoms with van der Waals surface area (Å²) in [4.78, 5) is 21.4. The molecule has 9 rings (SSSR count). The Hall–Kier alpha value is -5.17. The van der Waals surface area contributed by atoms with Gasteiger partial charge in [-0.1, -0.05) is 52.8 Å². The zero-order valence-corrected chi connectivity index (χ0v) is 40.3. The highest BCUT2D eigenvalue weighted by molar-refractivity contribution is 5.92. The highest BCUT2D eigenvalue weighted by Crippen LogP contribution is 2.48. The first kappa shape index (κ1) is 47.9. The van der Waals surface area contributed by atoms with E-state index in [9.17, 15) is 10.2 Å². The molecule has 15 nitrogen and oxygen atoms in total. The number of ether oxygens (including phenoxy) is 4. The van der Waals surface area contributed by atoms with Crippen molar-refractivity contribution in [2.75, 3.05) is 47.2 Å². The number of nitrogens with one attached hydrogen (secondary N) is 4. The quantitative estimate of drug-likeness (QED) is 0.0406. The summed E-state index contributed by atoms with van der Waals surface area (Å²) in [6.07, 6.45) is 5.59. The Morgan fingerprint density at radius 3 is 2.37 bits per heavy atom. The third kappa shape index (κ3) is 9.70. The molecule has 0 bridgehead atoms. The molecule has 6 heterocycles. The van der Waals surface area contributed by atoms with Crippen molar-refractivity contribution >= 4 is 10.9 Å². The van der Waals surface area contributed by atoms with Crippen molar-refractivity contribution in [2.24, 2.45) is 11.8 Å². The van der Waals surface area contributed by atoms with E-state index in [1.54, 1.807) is 13.2 Å². The van der Waals surface area contributed by atoms with E-state index in [0.29, 0.717) is 48.4 Å². The number of aliphatic hydroxyl groups excluding tert-OH is 2. The van der Waals surface area contributed by atoms with Gasteiger partial charge >= 0.3 is 0 Å². The molecule has 0 saturated carbocycles. The van der Waals surface area contributed by atoms with E-state index in [-0.39, 0.29) is 24.0 Å². The predicted octanol–water partition coefficient (Wildman–Crippen LogP) is 8.30. The molecular formula is C52H68FN9O6. The standard InChI is InChI=1S/C52H68FN9O6/c1-8-20-67-36-13-9-12-33(22-36)51-62-41-17-16-32(38-26-55-49(57-38)43-15-11-19-61(43)50(63)47(31(4)5)59-52(64)66-7)21-35(41)24-44(62)46-37(53)23-34(25-45(46)68-51)39-27-54-48(58-39)42-14-10-18-60(42)28-40(30(2)3)56-29-65-6/h9,12-13,16-17,21-27,30-31,40,42-43,47,50-52,56,59,63-64H,8,10-11,14-15,18-20,28-29H2,1-7H3,(H,54,58)(H,55,57). The maximum absolute atomic E-state index is 17.0. The molecule has 0 radical (unpaired) electrons. The highest BCUT2D eigenvalue weighted by atomic mass is 19.1. The van der Waals surface area contributed by atoms with Gasteiger partial charge in [0.25, 0.3) is 0 Å². The fourth-order valence-corrected chi connectivity index (χ4v) is 10.4. The van der Waals surface area contributed by atoms with E-state index in [4.69, 9.17) is 28.9 Å². The molecule has 3 aliphatic heterocycles. The van der Waals surface area contributed by atoms with Gasteiger partial charge in [0, 0.05) is 55.4 Å². The van der Waals surface area contributed by atoms with Crippen LogP contribution in [-0.2, 0) is 9.47 Å². The van der Waals surface area contributed by atoms with Crippen molar-refractivity contribution in [3.63, 3.8) is 0 Å². The molecule has 6 aromatic rings. The molecule has 0 spiro atoms. The van der Waals surface area contributed by atoms with E-state index in [1.165, 1.54) is 7.11 Å². The van der Waals surface area contributed by atoms with Gasteiger partial charge in [0.2, 0.25) is 12.6 Å². The molecule has 0 amide bonds. The van der Waals surface area contributed by atoms with E-state index in [0.717, 1.165) is 96.0 Å². The van der Waals surface area contributed by atoms with Crippen LogP contribution in [0.2, 0.25) is 0 Å². The van der Waals surface area contributed by atoms with Crippen LogP contribution in [0, 0.1) is 17.7 Å². The summed E-state index contributed by atoms with van der Waals surface area (Å²) < 4.78 is 42.5. The summed E-state index contributed by atoms with van der Waals surface area (Å²) in [7, 11) is 3.12. The van der Waals surface area contributed by atoms with Gasteiger partial charge in [0.15, 0.2) is 0 Å². The van der Waals surface area contributed by atoms with Crippen molar-refractivity contribution in [1.29, 1.82) is 0 Å². The maximum Gasteiger partial charge on any atom is 0.213 e. The number of fused-ring (bicyclic) bond motifs is 5. The van der Waals surface area contributed by atoms with Gasteiger partial charge in [-0.3, -0.25) is 20.4 Å². The van der Waals surface area contributed by atoms with Crippen molar-refractivity contribution in [3.8, 4) is 45.3 Å². The molecule has 3 aromatic carbocycles. The Balaban J connectivity index is 1.04. The third-order valence-corrected chi connectivity index (χ3v) is 14.0. The zero-order valence-electron chi connectivity index (χ0n) is 40.3. The number of aliphatic hydroxyl groups is 2. The number of H-pyrrole nitrogens is 2. The minimum absolute atomic E-state index is 0.0183. The number of hydrogen-bond donors (Lipinski definition) is 6. The molecule has 68 heavy (non-hydrogen) atoms. The van der Waals surface area contributed by atoms with Gasteiger partial charge in [-0.25, -0.2) is 14.4 Å². The molecule has 3 aliphatic rings. The van der Waals surface area contributed by atoms with Crippen LogP contribution in [0.4, 0.5) is 4.39 Å². The molecule has 7 atom stereocenters. The van der Waals surface area contributed by atoms with Crippen LogP contribution in [0.25, 0.3) is 44.7 Å². The second-order valence-corrected chi connectivity index (χ2v) is 19.2. The Morgan fingerprint density at radius 2 is 1.63 bits per heavy atom. The summed E-state index contributed by atoms with van der Waals surface area (Å²) in [6.45, 7) is 14.2. The average Bonchev–Trinajstić information content (AvgIpc) is 4.20. The minimum Gasteiger partial charge on any atom is -0.494 e.